The van der Waals surface area contributed by atoms with Crippen LogP contribution >= 0.6 is 0 Å². The molecule has 4 aromatic carbocycles. The van der Waals surface area contributed by atoms with Crippen LogP contribution in [-0.2, 0) is 39.5 Å². The van der Waals surface area contributed by atoms with Crippen molar-refractivity contribution < 1.29 is 40.9 Å². The Bertz CT molecular complexity index is 2290. The quantitative estimate of drug-likeness (QED) is 0.128. The number of hydrogen-bond donors (Lipinski definition) is 1. The molecule has 15 nitrogen and oxygen atoms in total. The smallest absolute Gasteiger partial charge is 0.407 e. The normalized spacial score (nSPS) is 12.6. The fraction of sp³-hybridized carbons (Fsp3) is 0.333. The lowest BCUT2D eigenvalue weighted by atomic mass is 10.1. The van der Waals surface area contributed by atoms with Gasteiger partial charge in [0, 0.05) is 30.7 Å². The van der Waals surface area contributed by atoms with E-state index in [2.05, 4.69) is 15.4 Å². The molecule has 0 aliphatic carbocycles. The van der Waals surface area contributed by atoms with Gasteiger partial charge < -0.3 is 24.2 Å². The lowest BCUT2D eigenvalue weighted by Gasteiger charge is -2.35. The average Bonchev–Trinajstić information content (AvgIpc) is 3.64. The predicted octanol–water partition coefficient (Wildman–Crippen LogP) is 5.75. The summed E-state index contributed by atoms with van der Waals surface area (Å²) in [6, 6.07) is 24.9. The van der Waals surface area contributed by atoms with Crippen LogP contribution in [0.3, 0.4) is 0 Å². The monoisotopic (exact) mass is 806 g/mol. The molecule has 0 aliphatic heterocycles. The molecule has 0 fully saturated rings. The number of carbonyl (C=O) groups is 1. The van der Waals surface area contributed by atoms with E-state index in [9.17, 15) is 18.3 Å². The molecule has 0 radical (unpaired) electrons. The van der Waals surface area contributed by atoms with Crippen molar-refractivity contribution in [3.8, 4) is 28.6 Å². The number of nitrogens with zero attached hydrogens (tertiary/aromatic N) is 6. The molecule has 0 aliphatic rings. The molecule has 17 heteroatoms. The molecule has 1 aromatic heterocycles. The third kappa shape index (κ3) is 9.46. The van der Waals surface area contributed by atoms with Crippen LogP contribution < -0.4 is 14.2 Å². The van der Waals surface area contributed by atoms with Crippen LogP contribution in [0, 0.1) is 0 Å². The maximum absolute atomic E-state index is 15.3. The van der Waals surface area contributed by atoms with E-state index in [0.29, 0.717) is 28.4 Å². The lowest BCUT2D eigenvalue weighted by molar-refractivity contribution is 0.101. The van der Waals surface area contributed by atoms with Crippen molar-refractivity contribution >= 4 is 26.0 Å². The Morgan fingerprint density at radius 1 is 0.768 bits per heavy atom. The number of tetrazole rings is 1. The van der Waals surface area contributed by atoms with E-state index in [0.717, 1.165) is 10.5 Å². The van der Waals surface area contributed by atoms with Crippen molar-refractivity contribution in [2.24, 2.45) is 0 Å². The van der Waals surface area contributed by atoms with Crippen molar-refractivity contribution in [3.05, 3.63) is 108 Å². The van der Waals surface area contributed by atoms with E-state index >= 15 is 8.42 Å². The van der Waals surface area contributed by atoms with Gasteiger partial charge in [0.05, 0.1) is 38.0 Å². The molecule has 298 valence electrons. The van der Waals surface area contributed by atoms with Gasteiger partial charge in [-0.1, -0.05) is 42.5 Å². The van der Waals surface area contributed by atoms with Gasteiger partial charge in [-0.15, -0.1) is 10.2 Å². The largest absolute Gasteiger partial charge is 0.497 e. The van der Waals surface area contributed by atoms with Crippen LogP contribution in [-0.4, -0.2) is 96.1 Å². The molecule has 1 N–H and O–H groups in total. The average molecular weight is 807 g/mol. The second-order valence-electron chi connectivity index (χ2n) is 14.0. The van der Waals surface area contributed by atoms with Crippen molar-refractivity contribution in [1.29, 1.82) is 0 Å². The number of carboxylic acid groups (broad SMARTS) is 1. The molecule has 5 rings (SSSR count). The molecular formula is C39H46N6O9S2. The van der Waals surface area contributed by atoms with E-state index in [1.54, 1.807) is 88.5 Å². The van der Waals surface area contributed by atoms with E-state index < -0.39 is 53.1 Å². The first-order valence-corrected chi connectivity index (χ1v) is 20.5. The van der Waals surface area contributed by atoms with E-state index in [1.165, 1.54) is 48.4 Å². The summed E-state index contributed by atoms with van der Waals surface area (Å²) in [5.41, 5.74) is 0.957. The van der Waals surface area contributed by atoms with Gasteiger partial charge in [-0.05, 0) is 98.1 Å². The SMILES string of the molecule is COc1ccc(CN(Cc2ccc(OC)cc2)S(=O)(=O)c2c(-c3nnn(Cc4ccc(OC)cc4)n3)cccc2S(=O)(=O)[C@H](C)CN(C(=O)O)C(C)(C)C)cc1. The van der Waals surface area contributed by atoms with Crippen LogP contribution in [0.15, 0.2) is 101 Å². The van der Waals surface area contributed by atoms with Gasteiger partial charge in [0.1, 0.15) is 22.1 Å². The number of ether oxygens (including phenoxy) is 3. The molecule has 0 saturated carbocycles. The fourth-order valence-corrected chi connectivity index (χ4v) is 9.66. The fourth-order valence-electron chi connectivity index (χ4n) is 5.93. The van der Waals surface area contributed by atoms with Gasteiger partial charge in [0.15, 0.2) is 9.84 Å². The minimum Gasteiger partial charge on any atom is -0.497 e. The number of methoxy groups -OCH3 is 3. The maximum Gasteiger partial charge on any atom is 0.407 e. The highest BCUT2D eigenvalue weighted by molar-refractivity contribution is 7.94. The summed E-state index contributed by atoms with van der Waals surface area (Å²) in [5.74, 6) is 1.67. The highest BCUT2D eigenvalue weighted by Gasteiger charge is 2.39. The summed E-state index contributed by atoms with van der Waals surface area (Å²) < 4.78 is 77.0. The molecule has 1 atom stereocenters. The molecule has 56 heavy (non-hydrogen) atoms. The summed E-state index contributed by atoms with van der Waals surface area (Å²) in [7, 11) is -4.71. The Kier molecular flexibility index (Phi) is 12.7. The molecule has 1 amide bonds. The maximum atomic E-state index is 15.3. The zero-order valence-corrected chi connectivity index (χ0v) is 33.9. The van der Waals surface area contributed by atoms with Crippen LogP contribution in [0.4, 0.5) is 4.79 Å². The number of sulfonamides is 1. The molecule has 5 aromatic rings. The lowest BCUT2D eigenvalue weighted by Crippen LogP contribution is -2.49. The second kappa shape index (κ2) is 17.1. The summed E-state index contributed by atoms with van der Waals surface area (Å²) in [4.78, 5) is 13.5. The van der Waals surface area contributed by atoms with Gasteiger partial charge in [-0.25, -0.2) is 21.6 Å². The molecule has 1 heterocycles. The van der Waals surface area contributed by atoms with E-state index in [4.69, 9.17) is 14.2 Å². The highest BCUT2D eigenvalue weighted by atomic mass is 32.2. The number of hydrogen-bond acceptors (Lipinski definition) is 11. The number of benzene rings is 4. The Balaban J connectivity index is 1.69. The molecule has 0 unspecified atom stereocenters. The Hall–Kier alpha value is -5.52. The van der Waals surface area contributed by atoms with Crippen LogP contribution in [0.25, 0.3) is 11.4 Å². The van der Waals surface area contributed by atoms with Crippen molar-refractivity contribution in [3.63, 3.8) is 0 Å². The number of aromatic nitrogens is 4. The van der Waals surface area contributed by atoms with Gasteiger partial charge in [0.25, 0.3) is 0 Å². The second-order valence-corrected chi connectivity index (χ2v) is 18.2. The van der Waals surface area contributed by atoms with Crippen molar-refractivity contribution in [2.75, 3.05) is 27.9 Å². The minimum absolute atomic E-state index is 0.0976. The number of rotatable bonds is 16. The first-order valence-electron chi connectivity index (χ1n) is 17.5. The summed E-state index contributed by atoms with van der Waals surface area (Å²) in [6.45, 7) is 5.73. The topological polar surface area (TPSA) is 183 Å². The van der Waals surface area contributed by atoms with Crippen LogP contribution in [0.1, 0.15) is 44.4 Å². The summed E-state index contributed by atoms with van der Waals surface area (Å²) in [5, 5.41) is 21.5. The summed E-state index contributed by atoms with van der Waals surface area (Å²) in [6.07, 6.45) is -1.32. The number of sulfone groups is 1. The third-order valence-electron chi connectivity index (χ3n) is 9.11. The highest BCUT2D eigenvalue weighted by Crippen LogP contribution is 2.37. The predicted molar refractivity (Wildman–Crippen MR) is 209 cm³/mol. The third-order valence-corrected chi connectivity index (χ3v) is 13.3. The Morgan fingerprint density at radius 2 is 1.25 bits per heavy atom. The zero-order valence-electron chi connectivity index (χ0n) is 32.3. The van der Waals surface area contributed by atoms with Gasteiger partial charge in [-0.3, -0.25) is 0 Å². The number of amides is 1. The Labute approximate surface area is 327 Å². The minimum atomic E-state index is -4.75. The van der Waals surface area contributed by atoms with Gasteiger partial charge in [0.2, 0.25) is 15.8 Å². The molecular weight excluding hydrogens is 761 g/mol. The molecule has 0 spiro atoms. The van der Waals surface area contributed by atoms with E-state index in [-0.39, 0.29) is 31.0 Å². The molecule has 0 bridgehead atoms. The van der Waals surface area contributed by atoms with Crippen molar-refractivity contribution in [2.45, 2.75) is 67.9 Å². The first kappa shape index (κ1) is 41.6. The molecule has 0 saturated heterocycles. The standard InChI is InChI=1S/C39H46N6O9S2/c1-27(23-44(38(46)47)39(2,3)4)55(48,49)35-10-8-9-34(37-40-42-45(41-37)26-30-15-21-33(54-7)22-16-30)36(35)56(50,51)43(24-28-11-17-31(52-5)18-12-28)25-29-13-19-32(53-6)20-14-29/h8-22,27H,23-26H2,1-7H3,(H,46,47)/t27-/m1/s1. The first-order chi connectivity index (χ1) is 26.5. The summed E-state index contributed by atoms with van der Waals surface area (Å²) >= 11 is 0. The van der Waals surface area contributed by atoms with Gasteiger partial charge >= 0.3 is 6.09 Å². The van der Waals surface area contributed by atoms with Crippen molar-refractivity contribution in [1.82, 2.24) is 29.4 Å². The van der Waals surface area contributed by atoms with E-state index in [1.807, 2.05) is 12.1 Å². The van der Waals surface area contributed by atoms with Gasteiger partial charge in [-0.2, -0.15) is 9.10 Å². The van der Waals surface area contributed by atoms with Crippen LogP contribution in [0.5, 0.6) is 17.2 Å². The Morgan fingerprint density at radius 3 is 1.70 bits per heavy atom. The zero-order chi connectivity index (χ0) is 40.8. The van der Waals surface area contributed by atoms with Crippen LogP contribution in [0.2, 0.25) is 0 Å².